The second-order valence-corrected chi connectivity index (χ2v) is 10.7. The van der Waals surface area contributed by atoms with Gasteiger partial charge >= 0.3 is 0 Å². The molecule has 1 aliphatic carbocycles. The Labute approximate surface area is 232 Å². The van der Waals surface area contributed by atoms with E-state index in [1.54, 1.807) is 41.4 Å². The second-order valence-electron chi connectivity index (χ2n) is 10.7. The number of benzene rings is 2. The minimum atomic E-state index is -0.151. The van der Waals surface area contributed by atoms with Crippen LogP contribution in [0.2, 0.25) is 0 Å². The van der Waals surface area contributed by atoms with Crippen LogP contribution in [0, 0.1) is 17.2 Å². The number of imidazole rings is 1. The fraction of sp³-hybridized carbons (Fsp3) is 0.323. The molecular formula is C31H31N7O2. The lowest BCUT2D eigenvalue weighted by Gasteiger charge is -2.32. The van der Waals surface area contributed by atoms with Crippen LogP contribution in [0.1, 0.15) is 36.8 Å². The number of rotatable bonds is 7. The highest BCUT2D eigenvalue weighted by Gasteiger charge is 2.23. The van der Waals surface area contributed by atoms with Gasteiger partial charge in [0.05, 0.1) is 48.2 Å². The van der Waals surface area contributed by atoms with Crippen LogP contribution in [0.25, 0.3) is 28.2 Å². The summed E-state index contributed by atoms with van der Waals surface area (Å²) >= 11 is 0. The Morgan fingerprint density at radius 1 is 1.05 bits per heavy atom. The van der Waals surface area contributed by atoms with E-state index in [0.29, 0.717) is 48.0 Å². The number of fused-ring (bicyclic) bond motifs is 3. The van der Waals surface area contributed by atoms with Gasteiger partial charge < -0.3 is 9.64 Å². The molecule has 0 bridgehead atoms. The van der Waals surface area contributed by atoms with Gasteiger partial charge in [0.2, 0.25) is 5.78 Å². The minimum Gasteiger partial charge on any atom is -0.490 e. The lowest BCUT2D eigenvalue weighted by atomic mass is 9.86. The summed E-state index contributed by atoms with van der Waals surface area (Å²) in [6.07, 6.45) is 9.96. The van der Waals surface area contributed by atoms with Crippen molar-refractivity contribution >= 4 is 16.8 Å². The van der Waals surface area contributed by atoms with Crippen LogP contribution < -0.4 is 10.3 Å². The number of aromatic nitrogens is 5. The van der Waals surface area contributed by atoms with E-state index in [4.69, 9.17) is 4.74 Å². The zero-order chi connectivity index (χ0) is 27.6. The van der Waals surface area contributed by atoms with Crippen LogP contribution in [-0.4, -0.2) is 55.6 Å². The van der Waals surface area contributed by atoms with Crippen molar-refractivity contribution in [2.24, 2.45) is 5.92 Å². The van der Waals surface area contributed by atoms with Crippen molar-refractivity contribution in [2.45, 2.75) is 38.3 Å². The molecule has 0 aliphatic heterocycles. The normalized spacial score (nSPS) is 17.4. The van der Waals surface area contributed by atoms with E-state index in [1.165, 1.54) is 31.7 Å². The highest BCUT2D eigenvalue weighted by molar-refractivity contribution is 5.81. The number of nitriles is 1. The lowest BCUT2D eigenvalue weighted by Crippen LogP contribution is -2.33. The van der Waals surface area contributed by atoms with E-state index in [0.717, 1.165) is 22.2 Å². The van der Waals surface area contributed by atoms with Gasteiger partial charge in [0.15, 0.2) is 11.6 Å². The molecule has 9 nitrogen and oxygen atoms in total. The molecule has 2 aromatic carbocycles. The predicted octanol–water partition coefficient (Wildman–Crippen LogP) is 4.53. The third kappa shape index (κ3) is 5.18. The van der Waals surface area contributed by atoms with Gasteiger partial charge in [-0.15, -0.1) is 0 Å². The van der Waals surface area contributed by atoms with Crippen molar-refractivity contribution in [3.8, 4) is 23.2 Å². The topological polar surface area (TPSA) is 101 Å². The maximum absolute atomic E-state index is 12.9. The van der Waals surface area contributed by atoms with Crippen molar-refractivity contribution in [1.82, 2.24) is 28.8 Å². The molecule has 3 heterocycles. The first kappa shape index (κ1) is 25.7. The molecule has 1 fully saturated rings. The molecule has 0 saturated heterocycles. The Kier molecular flexibility index (Phi) is 7.01. The third-order valence-corrected chi connectivity index (χ3v) is 7.86. The quantitative estimate of drug-likeness (QED) is 0.303. The molecule has 0 N–H and O–H groups in total. The minimum absolute atomic E-state index is 0.151. The zero-order valence-electron chi connectivity index (χ0n) is 22.7. The fourth-order valence-electron chi connectivity index (χ4n) is 5.54. The van der Waals surface area contributed by atoms with E-state index in [1.807, 2.05) is 28.7 Å². The summed E-state index contributed by atoms with van der Waals surface area (Å²) in [4.78, 5) is 29.0. The molecule has 9 heteroatoms. The smallest absolute Gasteiger partial charge is 0.255 e. The monoisotopic (exact) mass is 533 g/mol. The van der Waals surface area contributed by atoms with Crippen LogP contribution in [0.4, 0.5) is 0 Å². The second kappa shape index (κ2) is 10.9. The SMILES string of the molecule is CN(C)[C@H]1CC[C@@H](COc2cnc(-c3cccc(Cn4c(=O)ccn5c6cc(C#N)ccc6nc45)c3)nc2)CC1. The van der Waals surface area contributed by atoms with E-state index < -0.39 is 0 Å². The molecule has 0 spiro atoms. The van der Waals surface area contributed by atoms with Gasteiger partial charge in [-0.3, -0.25) is 13.8 Å². The van der Waals surface area contributed by atoms with E-state index >= 15 is 0 Å². The van der Waals surface area contributed by atoms with Gasteiger partial charge in [0.25, 0.3) is 5.56 Å². The molecule has 6 rings (SSSR count). The molecule has 0 amide bonds. The highest BCUT2D eigenvalue weighted by Crippen LogP contribution is 2.27. The molecule has 1 saturated carbocycles. The Morgan fingerprint density at radius 2 is 1.85 bits per heavy atom. The summed E-state index contributed by atoms with van der Waals surface area (Å²) < 4.78 is 9.50. The summed E-state index contributed by atoms with van der Waals surface area (Å²) in [5, 5.41) is 9.29. The van der Waals surface area contributed by atoms with Crippen molar-refractivity contribution in [2.75, 3.05) is 20.7 Å². The summed E-state index contributed by atoms with van der Waals surface area (Å²) in [6, 6.07) is 17.5. The summed E-state index contributed by atoms with van der Waals surface area (Å²) in [5.74, 6) is 2.37. The number of hydrogen-bond acceptors (Lipinski definition) is 7. The van der Waals surface area contributed by atoms with Gasteiger partial charge in [-0.25, -0.2) is 15.0 Å². The average molecular weight is 534 g/mol. The van der Waals surface area contributed by atoms with Crippen LogP contribution in [0.5, 0.6) is 5.75 Å². The van der Waals surface area contributed by atoms with E-state index in [-0.39, 0.29) is 5.56 Å². The van der Waals surface area contributed by atoms with Gasteiger partial charge in [0, 0.05) is 23.9 Å². The first-order valence-electron chi connectivity index (χ1n) is 13.6. The molecule has 3 aromatic heterocycles. The van der Waals surface area contributed by atoms with Crippen molar-refractivity contribution < 1.29 is 4.74 Å². The van der Waals surface area contributed by atoms with Crippen LogP contribution in [0.15, 0.2) is 71.9 Å². The maximum atomic E-state index is 12.9. The van der Waals surface area contributed by atoms with Crippen LogP contribution in [0.3, 0.4) is 0 Å². The molecule has 5 aromatic rings. The first-order valence-corrected chi connectivity index (χ1v) is 13.6. The fourth-order valence-corrected chi connectivity index (χ4v) is 5.54. The van der Waals surface area contributed by atoms with Crippen molar-refractivity contribution in [3.05, 3.63) is 88.6 Å². The van der Waals surface area contributed by atoms with Gasteiger partial charge in [-0.2, -0.15) is 5.26 Å². The number of ether oxygens (including phenoxy) is 1. The largest absolute Gasteiger partial charge is 0.490 e. The summed E-state index contributed by atoms with van der Waals surface area (Å²) in [5.41, 5.74) is 3.69. The van der Waals surface area contributed by atoms with Gasteiger partial charge in [-0.1, -0.05) is 18.2 Å². The molecule has 202 valence electrons. The third-order valence-electron chi connectivity index (χ3n) is 7.86. The average Bonchev–Trinajstić information content (AvgIpc) is 3.36. The molecule has 0 atom stereocenters. The van der Waals surface area contributed by atoms with Gasteiger partial charge in [-0.05, 0) is 75.5 Å². The Balaban J connectivity index is 1.17. The molecular weight excluding hydrogens is 502 g/mol. The summed E-state index contributed by atoms with van der Waals surface area (Å²) in [7, 11) is 4.31. The molecule has 0 radical (unpaired) electrons. The first-order chi connectivity index (χ1) is 19.5. The van der Waals surface area contributed by atoms with Crippen LogP contribution in [-0.2, 0) is 6.54 Å². The maximum Gasteiger partial charge on any atom is 0.255 e. The molecule has 0 unspecified atom stereocenters. The van der Waals surface area contributed by atoms with Crippen molar-refractivity contribution in [1.29, 1.82) is 5.26 Å². The Morgan fingerprint density at radius 3 is 2.60 bits per heavy atom. The van der Waals surface area contributed by atoms with Crippen LogP contribution >= 0.6 is 0 Å². The zero-order valence-corrected chi connectivity index (χ0v) is 22.7. The number of nitrogens with zero attached hydrogens (tertiary/aromatic N) is 7. The summed E-state index contributed by atoms with van der Waals surface area (Å²) in [6.45, 7) is 1.03. The lowest BCUT2D eigenvalue weighted by molar-refractivity contribution is 0.151. The standard InChI is InChI=1S/C31H31N7O2/c1-36(2)25-9-6-21(7-10-25)20-40-26-17-33-30(34-18-26)24-5-3-4-23(14-24)19-38-29(39)12-13-37-28-15-22(16-32)8-11-27(28)35-31(37)38/h3-5,8,11-15,17-18,21,25H,6-7,9-10,19-20H2,1-2H3/t21-,25+. The highest BCUT2D eigenvalue weighted by atomic mass is 16.5. The molecule has 40 heavy (non-hydrogen) atoms. The van der Waals surface area contributed by atoms with E-state index in [2.05, 4.69) is 40.0 Å². The van der Waals surface area contributed by atoms with Gasteiger partial charge in [0.1, 0.15) is 0 Å². The van der Waals surface area contributed by atoms with E-state index in [9.17, 15) is 10.1 Å². The Hall–Kier alpha value is -4.55. The Bertz CT molecular complexity index is 1760. The number of hydrogen-bond donors (Lipinski definition) is 0. The predicted molar refractivity (Wildman–Crippen MR) is 153 cm³/mol. The molecule has 1 aliphatic rings. The van der Waals surface area contributed by atoms with Crippen molar-refractivity contribution in [3.63, 3.8) is 0 Å².